The van der Waals surface area contributed by atoms with Crippen molar-refractivity contribution in [2.75, 3.05) is 0 Å². The first-order valence-electron chi connectivity index (χ1n) is 7.67. The molecule has 0 aliphatic carbocycles. The van der Waals surface area contributed by atoms with E-state index in [1.165, 1.54) is 16.4 Å². The van der Waals surface area contributed by atoms with E-state index in [9.17, 15) is 4.39 Å². The molecule has 0 saturated carbocycles. The Morgan fingerprint density at radius 1 is 0.682 bits per heavy atom. The topological polar surface area (TPSA) is 0 Å². The van der Waals surface area contributed by atoms with Crippen LogP contribution in [-0.4, -0.2) is 8.80 Å². The summed E-state index contributed by atoms with van der Waals surface area (Å²) in [5, 5.41) is 2.90. The highest BCUT2D eigenvalue weighted by Crippen LogP contribution is 2.09. The highest BCUT2D eigenvalue weighted by Gasteiger charge is 2.15. The van der Waals surface area contributed by atoms with Crippen molar-refractivity contribution in [3.05, 3.63) is 96.3 Å². The van der Waals surface area contributed by atoms with E-state index in [1.807, 2.05) is 6.07 Å². The Bertz CT molecular complexity index is 671. The molecule has 3 aromatic carbocycles. The quantitative estimate of drug-likeness (QED) is 0.634. The van der Waals surface area contributed by atoms with Gasteiger partial charge in [0.1, 0.15) is 14.6 Å². The SMILES string of the molecule is Fc1cccc(CC[SiH](c2ccccc2)c2ccccc2)c1. The van der Waals surface area contributed by atoms with Gasteiger partial charge >= 0.3 is 0 Å². The van der Waals surface area contributed by atoms with E-state index < -0.39 is 8.80 Å². The van der Waals surface area contributed by atoms with Crippen LogP contribution in [-0.2, 0) is 6.42 Å². The minimum absolute atomic E-state index is 0.143. The summed E-state index contributed by atoms with van der Waals surface area (Å²) in [6.45, 7) is 0. The van der Waals surface area contributed by atoms with E-state index in [4.69, 9.17) is 0 Å². The Morgan fingerprint density at radius 3 is 1.82 bits per heavy atom. The van der Waals surface area contributed by atoms with Crippen LogP contribution in [0, 0.1) is 5.82 Å². The molecule has 0 unspecified atom stereocenters. The molecule has 3 aromatic rings. The highest BCUT2D eigenvalue weighted by molar-refractivity contribution is 6.85. The first kappa shape index (κ1) is 14.7. The van der Waals surface area contributed by atoms with Crippen molar-refractivity contribution in [2.24, 2.45) is 0 Å². The molecule has 0 aromatic heterocycles. The number of hydrogen-bond acceptors (Lipinski definition) is 0. The Balaban J connectivity index is 1.83. The molecule has 2 heteroatoms. The van der Waals surface area contributed by atoms with Crippen LogP contribution < -0.4 is 10.4 Å². The lowest BCUT2D eigenvalue weighted by Gasteiger charge is -2.16. The first-order chi connectivity index (χ1) is 10.8. The molecule has 22 heavy (non-hydrogen) atoms. The number of halogens is 1. The number of hydrogen-bond donors (Lipinski definition) is 0. The van der Waals surface area contributed by atoms with E-state index in [1.54, 1.807) is 12.1 Å². The van der Waals surface area contributed by atoms with Crippen molar-refractivity contribution in [2.45, 2.75) is 12.5 Å². The van der Waals surface area contributed by atoms with Gasteiger partial charge in [-0.05, 0) is 30.2 Å². The second-order valence-electron chi connectivity index (χ2n) is 5.54. The lowest BCUT2D eigenvalue weighted by atomic mass is 10.2. The average molecular weight is 306 g/mol. The summed E-state index contributed by atoms with van der Waals surface area (Å²) >= 11 is 0. The Hall–Kier alpha value is -2.19. The third-order valence-electron chi connectivity index (χ3n) is 4.01. The van der Waals surface area contributed by atoms with Crippen LogP contribution in [0.5, 0.6) is 0 Å². The van der Waals surface area contributed by atoms with Gasteiger partial charge in [0.2, 0.25) is 0 Å². The summed E-state index contributed by atoms with van der Waals surface area (Å²) in [5.41, 5.74) is 1.09. The van der Waals surface area contributed by atoms with Crippen molar-refractivity contribution in [3.8, 4) is 0 Å². The molecular formula is C20H19FSi. The van der Waals surface area contributed by atoms with Gasteiger partial charge in [0.05, 0.1) is 0 Å². The maximum Gasteiger partial charge on any atom is 0.123 e. The van der Waals surface area contributed by atoms with Crippen molar-refractivity contribution in [1.29, 1.82) is 0 Å². The third-order valence-corrected chi connectivity index (χ3v) is 7.26. The summed E-state index contributed by atoms with van der Waals surface area (Å²) < 4.78 is 13.3. The van der Waals surface area contributed by atoms with E-state index >= 15 is 0 Å². The zero-order valence-corrected chi connectivity index (χ0v) is 13.6. The highest BCUT2D eigenvalue weighted by atomic mass is 28.3. The van der Waals surface area contributed by atoms with Gasteiger partial charge in [0.25, 0.3) is 0 Å². The maximum absolute atomic E-state index is 13.3. The minimum atomic E-state index is -1.26. The molecule has 0 radical (unpaired) electrons. The molecule has 0 fully saturated rings. The van der Waals surface area contributed by atoms with E-state index in [0.717, 1.165) is 18.0 Å². The molecule has 0 bridgehead atoms. The molecule has 0 heterocycles. The minimum Gasteiger partial charge on any atom is -0.207 e. The molecule has 0 amide bonds. The lowest BCUT2D eigenvalue weighted by Crippen LogP contribution is -2.42. The van der Waals surface area contributed by atoms with Crippen LogP contribution in [0.1, 0.15) is 5.56 Å². The second kappa shape index (κ2) is 7.19. The molecule has 0 spiro atoms. The summed E-state index contributed by atoms with van der Waals surface area (Å²) in [4.78, 5) is 0. The number of aryl methyl sites for hydroxylation is 1. The summed E-state index contributed by atoms with van der Waals surface area (Å²) in [6, 6.07) is 29.6. The van der Waals surface area contributed by atoms with Gasteiger partial charge in [-0.1, -0.05) is 83.2 Å². The smallest absolute Gasteiger partial charge is 0.123 e. The standard InChI is InChI=1S/C20H19FSi/c21-18-9-7-8-17(16-18)14-15-22(19-10-3-1-4-11-19)20-12-5-2-6-13-20/h1-13,16,22H,14-15H2. The molecule has 0 saturated heterocycles. The number of benzene rings is 3. The lowest BCUT2D eigenvalue weighted by molar-refractivity contribution is 0.625. The van der Waals surface area contributed by atoms with Gasteiger partial charge in [-0.25, -0.2) is 4.39 Å². The molecule has 3 rings (SSSR count). The summed E-state index contributed by atoms with van der Waals surface area (Å²) in [7, 11) is -1.26. The van der Waals surface area contributed by atoms with Crippen LogP contribution >= 0.6 is 0 Å². The molecule has 0 aliphatic heterocycles. The number of rotatable bonds is 5. The summed E-state index contributed by atoms with van der Waals surface area (Å²) in [5.74, 6) is -0.143. The van der Waals surface area contributed by atoms with Crippen LogP contribution in [0.15, 0.2) is 84.9 Å². The fourth-order valence-corrected chi connectivity index (χ4v) is 5.95. The average Bonchev–Trinajstić information content (AvgIpc) is 2.57. The molecule has 0 nitrogen and oxygen atoms in total. The fraction of sp³-hybridized carbons (Fsp3) is 0.100. The van der Waals surface area contributed by atoms with Crippen LogP contribution in [0.25, 0.3) is 0 Å². The van der Waals surface area contributed by atoms with Crippen LogP contribution in [0.4, 0.5) is 4.39 Å². The van der Waals surface area contributed by atoms with Gasteiger partial charge in [0.15, 0.2) is 0 Å². The van der Waals surface area contributed by atoms with Crippen molar-refractivity contribution >= 4 is 19.2 Å². The first-order valence-corrected chi connectivity index (χ1v) is 9.64. The van der Waals surface area contributed by atoms with E-state index in [0.29, 0.717) is 0 Å². The molecular weight excluding hydrogens is 287 g/mol. The normalized spacial score (nSPS) is 10.8. The molecule has 110 valence electrons. The fourth-order valence-electron chi connectivity index (χ4n) is 2.90. The van der Waals surface area contributed by atoms with Crippen molar-refractivity contribution < 1.29 is 4.39 Å². The van der Waals surface area contributed by atoms with Crippen molar-refractivity contribution in [1.82, 2.24) is 0 Å². The molecule has 0 atom stereocenters. The predicted molar refractivity (Wildman–Crippen MR) is 94.2 cm³/mol. The third kappa shape index (κ3) is 3.71. The molecule has 0 aliphatic rings. The maximum atomic E-state index is 13.3. The monoisotopic (exact) mass is 306 g/mol. The summed E-state index contributed by atoms with van der Waals surface area (Å²) in [6.07, 6.45) is 0.929. The van der Waals surface area contributed by atoms with Crippen LogP contribution in [0.3, 0.4) is 0 Å². The van der Waals surface area contributed by atoms with E-state index in [2.05, 4.69) is 60.7 Å². The van der Waals surface area contributed by atoms with Gasteiger partial charge in [-0.2, -0.15) is 0 Å². The van der Waals surface area contributed by atoms with Gasteiger partial charge < -0.3 is 0 Å². The second-order valence-corrected chi connectivity index (χ2v) is 8.56. The Kier molecular flexibility index (Phi) is 4.81. The van der Waals surface area contributed by atoms with Gasteiger partial charge in [-0.3, -0.25) is 0 Å². The van der Waals surface area contributed by atoms with Gasteiger partial charge in [-0.15, -0.1) is 0 Å². The Morgan fingerprint density at radius 2 is 1.27 bits per heavy atom. The van der Waals surface area contributed by atoms with Gasteiger partial charge in [0, 0.05) is 0 Å². The van der Waals surface area contributed by atoms with Crippen LogP contribution in [0.2, 0.25) is 6.04 Å². The zero-order chi connectivity index (χ0) is 15.2. The van der Waals surface area contributed by atoms with E-state index in [-0.39, 0.29) is 5.82 Å². The Labute approximate surface area is 132 Å². The predicted octanol–water partition coefficient (Wildman–Crippen LogP) is 3.41. The van der Waals surface area contributed by atoms with Crippen molar-refractivity contribution in [3.63, 3.8) is 0 Å². The largest absolute Gasteiger partial charge is 0.207 e. The molecule has 0 N–H and O–H groups in total. The zero-order valence-electron chi connectivity index (χ0n) is 12.5.